The quantitative estimate of drug-likeness (QED) is 0.702. The molecule has 2 aliphatic rings. The Morgan fingerprint density at radius 3 is 2.55 bits per heavy atom. The second-order valence-electron chi connectivity index (χ2n) is 9.15. The minimum absolute atomic E-state index is 0.0780. The summed E-state index contributed by atoms with van der Waals surface area (Å²) in [5, 5.41) is 3.03. The average Bonchev–Trinajstić information content (AvgIpc) is 2.83. The van der Waals surface area contributed by atoms with Gasteiger partial charge in [-0.25, -0.2) is 0 Å². The summed E-state index contributed by atoms with van der Waals surface area (Å²) in [4.78, 5) is 30.6. The van der Waals surface area contributed by atoms with Crippen LogP contribution >= 0.6 is 0 Å². The zero-order valence-electron chi connectivity index (χ0n) is 19.8. The molecule has 0 spiro atoms. The molecule has 1 saturated heterocycles. The fourth-order valence-corrected chi connectivity index (χ4v) is 4.86. The van der Waals surface area contributed by atoms with Crippen molar-refractivity contribution in [2.24, 2.45) is 5.92 Å². The largest absolute Gasteiger partial charge is 0.494 e. The van der Waals surface area contributed by atoms with Gasteiger partial charge in [0, 0.05) is 31.7 Å². The molecule has 176 valence electrons. The SMILES string of the molecule is CCOc1ccccc1CNC(=O)CN1CCc2ccccc2[C@@H]1C(=O)N1CCC(C)CC1. The number of nitrogens with one attached hydrogen (secondary N) is 1. The van der Waals surface area contributed by atoms with E-state index in [4.69, 9.17) is 4.74 Å². The Labute approximate surface area is 196 Å². The van der Waals surface area contributed by atoms with E-state index in [1.165, 1.54) is 5.56 Å². The van der Waals surface area contributed by atoms with Gasteiger partial charge in [-0.05, 0) is 49.3 Å². The van der Waals surface area contributed by atoms with Crippen molar-refractivity contribution in [2.75, 3.05) is 32.8 Å². The van der Waals surface area contributed by atoms with Crippen molar-refractivity contribution in [1.29, 1.82) is 0 Å². The zero-order chi connectivity index (χ0) is 23.2. The third-order valence-electron chi connectivity index (χ3n) is 6.81. The number of likely N-dealkylation sites (tertiary alicyclic amines) is 1. The lowest BCUT2D eigenvalue weighted by atomic mass is 9.90. The van der Waals surface area contributed by atoms with Crippen molar-refractivity contribution in [3.63, 3.8) is 0 Å². The van der Waals surface area contributed by atoms with E-state index < -0.39 is 6.04 Å². The summed E-state index contributed by atoms with van der Waals surface area (Å²) >= 11 is 0. The Balaban J connectivity index is 1.46. The Hall–Kier alpha value is -2.86. The fourth-order valence-electron chi connectivity index (χ4n) is 4.86. The van der Waals surface area contributed by atoms with Crippen molar-refractivity contribution in [3.8, 4) is 5.75 Å². The minimum atomic E-state index is -0.398. The number of para-hydroxylation sites is 1. The van der Waals surface area contributed by atoms with Crippen LogP contribution in [0, 0.1) is 5.92 Å². The van der Waals surface area contributed by atoms with E-state index in [-0.39, 0.29) is 18.4 Å². The zero-order valence-corrected chi connectivity index (χ0v) is 19.8. The molecule has 0 radical (unpaired) electrons. The summed E-state index contributed by atoms with van der Waals surface area (Å²) in [6.45, 7) is 7.67. The molecular formula is C27H35N3O3. The summed E-state index contributed by atoms with van der Waals surface area (Å²) in [6, 6.07) is 15.5. The van der Waals surface area contributed by atoms with Gasteiger partial charge in [-0.15, -0.1) is 0 Å². The van der Waals surface area contributed by atoms with E-state index in [0.29, 0.717) is 25.6 Å². The van der Waals surface area contributed by atoms with Crippen LogP contribution in [-0.2, 0) is 22.6 Å². The maximum atomic E-state index is 13.6. The molecule has 4 rings (SSSR count). The van der Waals surface area contributed by atoms with Crippen LogP contribution in [0.5, 0.6) is 5.75 Å². The lowest BCUT2D eigenvalue weighted by molar-refractivity contribution is -0.140. The molecule has 2 aromatic rings. The molecule has 33 heavy (non-hydrogen) atoms. The van der Waals surface area contributed by atoms with Crippen molar-refractivity contribution in [3.05, 3.63) is 65.2 Å². The predicted octanol–water partition coefficient (Wildman–Crippen LogP) is 3.56. The Kier molecular flexibility index (Phi) is 7.65. The number of piperidine rings is 1. The highest BCUT2D eigenvalue weighted by atomic mass is 16.5. The van der Waals surface area contributed by atoms with Gasteiger partial charge >= 0.3 is 0 Å². The van der Waals surface area contributed by atoms with E-state index in [2.05, 4.69) is 18.3 Å². The smallest absolute Gasteiger partial charge is 0.244 e. The van der Waals surface area contributed by atoms with Gasteiger partial charge in [-0.3, -0.25) is 14.5 Å². The lowest BCUT2D eigenvalue weighted by Crippen LogP contribution is -2.50. The first kappa shape index (κ1) is 23.3. The number of ether oxygens (including phenoxy) is 1. The monoisotopic (exact) mass is 449 g/mol. The maximum absolute atomic E-state index is 13.6. The van der Waals surface area contributed by atoms with Gasteiger partial charge in [-0.1, -0.05) is 49.4 Å². The highest BCUT2D eigenvalue weighted by Crippen LogP contribution is 2.32. The van der Waals surface area contributed by atoms with E-state index in [1.54, 1.807) is 0 Å². The van der Waals surface area contributed by atoms with Crippen LogP contribution in [0.3, 0.4) is 0 Å². The second kappa shape index (κ2) is 10.8. The Bertz CT molecular complexity index is 969. The van der Waals surface area contributed by atoms with E-state index >= 15 is 0 Å². The first-order valence-corrected chi connectivity index (χ1v) is 12.1. The normalized spacial score (nSPS) is 19.1. The number of benzene rings is 2. The highest BCUT2D eigenvalue weighted by Gasteiger charge is 2.37. The Morgan fingerprint density at radius 2 is 1.76 bits per heavy atom. The highest BCUT2D eigenvalue weighted by molar-refractivity contribution is 5.85. The van der Waals surface area contributed by atoms with Crippen molar-refractivity contribution in [2.45, 2.75) is 45.7 Å². The fraction of sp³-hybridized carbons (Fsp3) is 0.481. The second-order valence-corrected chi connectivity index (χ2v) is 9.15. The molecule has 2 heterocycles. The van der Waals surface area contributed by atoms with Gasteiger partial charge in [-0.2, -0.15) is 0 Å². The molecule has 0 aromatic heterocycles. The summed E-state index contributed by atoms with van der Waals surface area (Å²) in [6.07, 6.45) is 2.93. The maximum Gasteiger partial charge on any atom is 0.244 e. The number of nitrogens with zero attached hydrogens (tertiary/aromatic N) is 2. The topological polar surface area (TPSA) is 61.9 Å². The molecule has 1 N–H and O–H groups in total. The van der Waals surface area contributed by atoms with E-state index in [9.17, 15) is 9.59 Å². The lowest BCUT2D eigenvalue weighted by Gasteiger charge is -2.40. The van der Waals surface area contributed by atoms with Crippen LogP contribution in [0.2, 0.25) is 0 Å². The van der Waals surface area contributed by atoms with Gasteiger partial charge < -0.3 is 15.0 Å². The van der Waals surface area contributed by atoms with Crippen molar-refractivity contribution < 1.29 is 14.3 Å². The number of fused-ring (bicyclic) bond motifs is 1. The van der Waals surface area contributed by atoms with Gasteiger partial charge in [0.25, 0.3) is 0 Å². The van der Waals surface area contributed by atoms with Crippen molar-refractivity contribution in [1.82, 2.24) is 15.1 Å². The molecular weight excluding hydrogens is 414 g/mol. The summed E-state index contributed by atoms with van der Waals surface area (Å²) in [5.41, 5.74) is 3.21. The van der Waals surface area contributed by atoms with E-state index in [0.717, 1.165) is 49.2 Å². The van der Waals surface area contributed by atoms with Crippen LogP contribution in [-0.4, -0.2) is 54.4 Å². The molecule has 0 aliphatic carbocycles. The molecule has 0 unspecified atom stereocenters. The number of hydrogen-bond acceptors (Lipinski definition) is 4. The predicted molar refractivity (Wildman–Crippen MR) is 129 cm³/mol. The molecule has 0 saturated carbocycles. The van der Waals surface area contributed by atoms with Crippen molar-refractivity contribution >= 4 is 11.8 Å². The number of hydrogen-bond donors (Lipinski definition) is 1. The third kappa shape index (κ3) is 5.56. The minimum Gasteiger partial charge on any atom is -0.494 e. The van der Waals surface area contributed by atoms with Crippen LogP contribution in [0.1, 0.15) is 49.4 Å². The molecule has 1 atom stereocenters. The van der Waals surface area contributed by atoms with E-state index in [1.807, 2.05) is 59.2 Å². The molecule has 0 bridgehead atoms. The molecule has 2 aliphatic heterocycles. The average molecular weight is 450 g/mol. The molecule has 1 fully saturated rings. The van der Waals surface area contributed by atoms with Crippen LogP contribution in [0.25, 0.3) is 0 Å². The summed E-state index contributed by atoms with van der Waals surface area (Å²) in [7, 11) is 0. The van der Waals surface area contributed by atoms with Gasteiger partial charge in [0.2, 0.25) is 11.8 Å². The first-order chi connectivity index (χ1) is 16.1. The first-order valence-electron chi connectivity index (χ1n) is 12.1. The molecule has 6 nitrogen and oxygen atoms in total. The van der Waals surface area contributed by atoms with Gasteiger partial charge in [0.05, 0.1) is 13.2 Å². The standard InChI is InChI=1S/C27H35N3O3/c1-3-33-24-11-7-5-9-22(24)18-28-25(31)19-30-17-14-21-8-4-6-10-23(21)26(30)27(32)29-15-12-20(2)13-16-29/h4-11,20,26H,3,12-19H2,1-2H3,(H,28,31)/t26-/m1/s1. The van der Waals surface area contributed by atoms with Crippen LogP contribution < -0.4 is 10.1 Å². The summed E-state index contributed by atoms with van der Waals surface area (Å²) < 4.78 is 5.67. The number of rotatable bonds is 7. The van der Waals surface area contributed by atoms with Crippen LogP contribution in [0.4, 0.5) is 0 Å². The summed E-state index contributed by atoms with van der Waals surface area (Å²) in [5.74, 6) is 1.50. The number of carbonyl (C=O) groups excluding carboxylic acids is 2. The third-order valence-corrected chi connectivity index (χ3v) is 6.81. The van der Waals surface area contributed by atoms with Gasteiger partial charge in [0.1, 0.15) is 11.8 Å². The number of carbonyl (C=O) groups is 2. The van der Waals surface area contributed by atoms with Gasteiger partial charge in [0.15, 0.2) is 0 Å². The molecule has 2 amide bonds. The number of amides is 2. The van der Waals surface area contributed by atoms with Crippen LogP contribution in [0.15, 0.2) is 48.5 Å². The molecule has 2 aromatic carbocycles. The Morgan fingerprint density at radius 1 is 1.03 bits per heavy atom. The molecule has 6 heteroatoms.